The quantitative estimate of drug-likeness (QED) is 0.748. The standard InChI is InChI=1S/C13H16F2O/c1-8(2)12-11-9(7-13(12,14)15)5-4-6-10(11)16-3/h4-6,8,12H,7H2,1-3H3. The Morgan fingerprint density at radius 1 is 1.38 bits per heavy atom. The van der Waals surface area contributed by atoms with E-state index in [4.69, 9.17) is 4.74 Å². The van der Waals surface area contributed by atoms with E-state index in [2.05, 4.69) is 0 Å². The third kappa shape index (κ3) is 1.58. The Labute approximate surface area is 94.4 Å². The van der Waals surface area contributed by atoms with Gasteiger partial charge in [-0.3, -0.25) is 0 Å². The topological polar surface area (TPSA) is 9.23 Å². The first kappa shape index (κ1) is 11.4. The van der Waals surface area contributed by atoms with Gasteiger partial charge in [0.05, 0.1) is 13.0 Å². The number of methoxy groups -OCH3 is 1. The minimum absolute atomic E-state index is 0.0902. The fourth-order valence-electron chi connectivity index (χ4n) is 2.67. The summed E-state index contributed by atoms with van der Waals surface area (Å²) in [7, 11) is 1.53. The summed E-state index contributed by atoms with van der Waals surface area (Å²) < 4.78 is 33.0. The number of benzene rings is 1. The highest BCUT2D eigenvalue weighted by Gasteiger charge is 2.50. The molecule has 0 N–H and O–H groups in total. The van der Waals surface area contributed by atoms with Crippen molar-refractivity contribution < 1.29 is 13.5 Å². The second kappa shape index (κ2) is 3.72. The van der Waals surface area contributed by atoms with Crippen molar-refractivity contribution >= 4 is 0 Å². The third-order valence-corrected chi connectivity index (χ3v) is 3.24. The molecule has 0 bridgehead atoms. The average molecular weight is 226 g/mol. The van der Waals surface area contributed by atoms with Crippen LogP contribution >= 0.6 is 0 Å². The molecule has 0 aromatic heterocycles. The van der Waals surface area contributed by atoms with E-state index in [1.54, 1.807) is 18.2 Å². The number of alkyl halides is 2. The van der Waals surface area contributed by atoms with E-state index in [0.29, 0.717) is 11.3 Å². The van der Waals surface area contributed by atoms with Gasteiger partial charge in [0, 0.05) is 12.0 Å². The van der Waals surface area contributed by atoms with Crippen LogP contribution in [0, 0.1) is 5.92 Å². The van der Waals surface area contributed by atoms with Gasteiger partial charge in [0.2, 0.25) is 0 Å². The zero-order valence-electron chi connectivity index (χ0n) is 9.76. The van der Waals surface area contributed by atoms with Gasteiger partial charge in [-0.1, -0.05) is 26.0 Å². The van der Waals surface area contributed by atoms with Crippen molar-refractivity contribution in [3.05, 3.63) is 29.3 Å². The molecule has 0 saturated heterocycles. The molecule has 0 radical (unpaired) electrons. The Morgan fingerprint density at radius 3 is 2.62 bits per heavy atom. The van der Waals surface area contributed by atoms with Crippen LogP contribution in [0.4, 0.5) is 8.78 Å². The first-order chi connectivity index (χ1) is 7.47. The number of rotatable bonds is 2. The van der Waals surface area contributed by atoms with Crippen LogP contribution in [-0.4, -0.2) is 13.0 Å². The molecule has 1 aromatic carbocycles. The minimum Gasteiger partial charge on any atom is -0.496 e. The molecule has 1 atom stereocenters. The van der Waals surface area contributed by atoms with Crippen molar-refractivity contribution in [3.8, 4) is 5.75 Å². The molecule has 2 rings (SSSR count). The largest absolute Gasteiger partial charge is 0.496 e. The van der Waals surface area contributed by atoms with Crippen LogP contribution in [-0.2, 0) is 6.42 Å². The van der Waals surface area contributed by atoms with Gasteiger partial charge < -0.3 is 4.74 Å². The SMILES string of the molecule is COc1cccc2c1C(C(C)C)C(F)(F)C2. The Balaban J connectivity index is 2.56. The molecule has 1 aliphatic carbocycles. The number of hydrogen-bond acceptors (Lipinski definition) is 1. The van der Waals surface area contributed by atoms with E-state index >= 15 is 0 Å². The van der Waals surface area contributed by atoms with Crippen LogP contribution in [0.3, 0.4) is 0 Å². The maximum Gasteiger partial charge on any atom is 0.259 e. The van der Waals surface area contributed by atoms with Crippen LogP contribution in [0.1, 0.15) is 30.9 Å². The van der Waals surface area contributed by atoms with Crippen LogP contribution in [0.5, 0.6) is 5.75 Å². The van der Waals surface area contributed by atoms with Gasteiger partial charge in [-0.25, -0.2) is 8.78 Å². The highest BCUT2D eigenvalue weighted by Crippen LogP contribution is 2.51. The molecular formula is C13H16F2O. The summed E-state index contributed by atoms with van der Waals surface area (Å²) in [6.07, 6.45) is -0.164. The van der Waals surface area contributed by atoms with Crippen LogP contribution < -0.4 is 4.74 Å². The first-order valence-corrected chi connectivity index (χ1v) is 5.51. The Hall–Kier alpha value is -1.12. The summed E-state index contributed by atoms with van der Waals surface area (Å²) >= 11 is 0. The molecular weight excluding hydrogens is 210 g/mol. The molecule has 0 heterocycles. The lowest BCUT2D eigenvalue weighted by Crippen LogP contribution is -2.26. The van der Waals surface area contributed by atoms with E-state index in [1.807, 2.05) is 13.8 Å². The minimum atomic E-state index is -2.65. The predicted molar refractivity (Wildman–Crippen MR) is 59.2 cm³/mol. The van der Waals surface area contributed by atoms with Gasteiger partial charge in [0.15, 0.2) is 0 Å². The number of ether oxygens (including phenoxy) is 1. The Morgan fingerprint density at radius 2 is 2.06 bits per heavy atom. The molecule has 0 aliphatic heterocycles. The number of fused-ring (bicyclic) bond motifs is 1. The molecule has 0 spiro atoms. The summed E-state index contributed by atoms with van der Waals surface area (Å²) in [4.78, 5) is 0. The maximum absolute atomic E-state index is 13.9. The average Bonchev–Trinajstić information content (AvgIpc) is 2.46. The summed E-state index contributed by atoms with van der Waals surface area (Å²) in [5, 5.41) is 0. The molecule has 0 saturated carbocycles. The van der Waals surface area contributed by atoms with Crippen molar-refractivity contribution in [1.29, 1.82) is 0 Å². The number of halogens is 2. The summed E-state index contributed by atoms with van der Waals surface area (Å²) in [6, 6.07) is 5.31. The monoisotopic (exact) mass is 226 g/mol. The summed E-state index contributed by atoms with van der Waals surface area (Å²) in [5.41, 5.74) is 1.42. The maximum atomic E-state index is 13.9. The zero-order chi connectivity index (χ0) is 11.9. The molecule has 0 fully saturated rings. The van der Waals surface area contributed by atoms with Gasteiger partial charge in [-0.2, -0.15) is 0 Å². The van der Waals surface area contributed by atoms with Crippen molar-refractivity contribution in [2.45, 2.75) is 32.1 Å². The van der Waals surface area contributed by atoms with E-state index in [0.717, 1.165) is 5.56 Å². The third-order valence-electron chi connectivity index (χ3n) is 3.24. The Bertz CT molecular complexity index is 399. The van der Waals surface area contributed by atoms with Crippen molar-refractivity contribution in [2.75, 3.05) is 7.11 Å². The Kier molecular flexibility index (Phi) is 2.64. The zero-order valence-corrected chi connectivity index (χ0v) is 9.76. The predicted octanol–water partition coefficient (Wildman–Crippen LogP) is 3.63. The van der Waals surface area contributed by atoms with Crippen molar-refractivity contribution in [1.82, 2.24) is 0 Å². The second-order valence-corrected chi connectivity index (χ2v) is 4.69. The fourth-order valence-corrected chi connectivity index (χ4v) is 2.67. The molecule has 1 nitrogen and oxygen atoms in total. The molecule has 0 amide bonds. The van der Waals surface area contributed by atoms with Gasteiger partial charge in [-0.15, -0.1) is 0 Å². The van der Waals surface area contributed by atoms with E-state index in [-0.39, 0.29) is 12.3 Å². The second-order valence-electron chi connectivity index (χ2n) is 4.69. The molecule has 1 aliphatic rings. The molecule has 16 heavy (non-hydrogen) atoms. The van der Waals surface area contributed by atoms with E-state index in [1.165, 1.54) is 7.11 Å². The highest BCUT2D eigenvalue weighted by molar-refractivity contribution is 5.48. The van der Waals surface area contributed by atoms with Crippen LogP contribution in [0.25, 0.3) is 0 Å². The van der Waals surface area contributed by atoms with Crippen molar-refractivity contribution in [2.24, 2.45) is 5.92 Å². The number of hydrogen-bond donors (Lipinski definition) is 0. The van der Waals surface area contributed by atoms with E-state index in [9.17, 15) is 8.78 Å². The lowest BCUT2D eigenvalue weighted by atomic mass is 9.87. The van der Waals surface area contributed by atoms with Gasteiger partial charge >= 0.3 is 0 Å². The molecule has 1 aromatic rings. The first-order valence-electron chi connectivity index (χ1n) is 5.51. The normalized spacial score (nSPS) is 22.2. The van der Waals surface area contributed by atoms with Crippen molar-refractivity contribution in [3.63, 3.8) is 0 Å². The molecule has 3 heteroatoms. The van der Waals surface area contributed by atoms with Gasteiger partial charge in [0.1, 0.15) is 5.75 Å². The highest BCUT2D eigenvalue weighted by atomic mass is 19.3. The van der Waals surface area contributed by atoms with Crippen LogP contribution in [0.2, 0.25) is 0 Å². The fraction of sp³-hybridized carbons (Fsp3) is 0.538. The van der Waals surface area contributed by atoms with Crippen LogP contribution in [0.15, 0.2) is 18.2 Å². The van der Waals surface area contributed by atoms with Gasteiger partial charge in [0.25, 0.3) is 5.92 Å². The summed E-state index contributed by atoms with van der Waals surface area (Å²) in [6.45, 7) is 3.67. The summed E-state index contributed by atoms with van der Waals surface area (Å²) in [5.74, 6) is -2.87. The van der Waals surface area contributed by atoms with E-state index < -0.39 is 11.8 Å². The molecule has 88 valence electrons. The lowest BCUT2D eigenvalue weighted by Gasteiger charge is -2.24. The lowest BCUT2D eigenvalue weighted by molar-refractivity contribution is -0.0290. The molecule has 1 unspecified atom stereocenters. The van der Waals surface area contributed by atoms with Gasteiger partial charge in [-0.05, 0) is 17.5 Å². The smallest absolute Gasteiger partial charge is 0.259 e.